The van der Waals surface area contributed by atoms with Gasteiger partial charge in [-0.15, -0.1) is 11.3 Å². The molecule has 1 aromatic carbocycles. The number of hydrogen-bond donors (Lipinski definition) is 1. The summed E-state index contributed by atoms with van der Waals surface area (Å²) in [5.74, 6) is -2.80. The van der Waals surface area contributed by atoms with Crippen LogP contribution in [0.4, 0.5) is 0 Å². The second-order valence-corrected chi connectivity index (χ2v) is 12.0. The number of benzene rings is 1. The molecule has 2 heterocycles. The van der Waals surface area contributed by atoms with Gasteiger partial charge in [0.05, 0.1) is 30.0 Å². The molecule has 4 atom stereocenters. The van der Waals surface area contributed by atoms with Crippen LogP contribution in [0.1, 0.15) is 36.1 Å². The minimum Gasteiger partial charge on any atom is -0.503 e. The zero-order chi connectivity index (χ0) is 26.9. The van der Waals surface area contributed by atoms with Crippen LogP contribution in [0.15, 0.2) is 68.6 Å². The molecule has 1 N–H and O–H groups in total. The first kappa shape index (κ1) is 25.0. The molecule has 7 nitrogen and oxygen atoms in total. The molecule has 9 heteroatoms. The normalized spacial score (nSPS) is 26.7. The van der Waals surface area contributed by atoms with Crippen molar-refractivity contribution in [1.29, 1.82) is 0 Å². The Balaban J connectivity index is 1.48. The van der Waals surface area contributed by atoms with Crippen LogP contribution in [0, 0.1) is 17.8 Å². The summed E-state index contributed by atoms with van der Waals surface area (Å²) >= 11 is 4.88. The quantitative estimate of drug-likeness (QED) is 0.309. The molecule has 4 aliphatic rings. The SMILES string of the molecule is COc1cc(C2C3=CCC4C(=O)N(Cc5cccs5)C(=O)C4C3CC3=C2C(=O)C=C(C)C3=O)cc(Br)c1O. The first-order valence-corrected chi connectivity index (χ1v) is 14.0. The molecule has 6 rings (SSSR count). The fraction of sp³-hybridized carbons (Fsp3) is 0.310. The molecule has 1 saturated heterocycles. The van der Waals surface area contributed by atoms with Gasteiger partial charge in [0, 0.05) is 27.5 Å². The van der Waals surface area contributed by atoms with E-state index in [0.29, 0.717) is 33.2 Å². The van der Waals surface area contributed by atoms with Crippen LogP contribution < -0.4 is 4.74 Å². The molecule has 0 spiro atoms. The summed E-state index contributed by atoms with van der Waals surface area (Å²) in [4.78, 5) is 56.3. The number of ether oxygens (including phenoxy) is 1. The highest BCUT2D eigenvalue weighted by Gasteiger charge is 2.56. The summed E-state index contributed by atoms with van der Waals surface area (Å²) < 4.78 is 5.76. The van der Waals surface area contributed by atoms with Crippen molar-refractivity contribution in [3.8, 4) is 11.5 Å². The number of imide groups is 1. The minimum absolute atomic E-state index is 0.0712. The molecule has 2 aromatic rings. The Morgan fingerprint density at radius 3 is 2.66 bits per heavy atom. The molecule has 1 aromatic heterocycles. The number of aromatic hydroxyl groups is 1. The number of amides is 2. The smallest absolute Gasteiger partial charge is 0.234 e. The van der Waals surface area contributed by atoms with Crippen molar-refractivity contribution in [2.75, 3.05) is 7.11 Å². The van der Waals surface area contributed by atoms with Crippen LogP contribution in [0.25, 0.3) is 0 Å². The number of carbonyl (C=O) groups is 4. The van der Waals surface area contributed by atoms with Crippen LogP contribution in [-0.2, 0) is 25.7 Å². The van der Waals surface area contributed by atoms with E-state index in [2.05, 4.69) is 15.9 Å². The van der Waals surface area contributed by atoms with E-state index in [-0.39, 0.29) is 47.8 Å². The Morgan fingerprint density at radius 1 is 1.16 bits per heavy atom. The number of carbonyl (C=O) groups excluding carboxylic acids is 4. The van der Waals surface area contributed by atoms with Crippen molar-refractivity contribution in [2.24, 2.45) is 17.8 Å². The lowest BCUT2D eigenvalue weighted by Crippen LogP contribution is -2.39. The van der Waals surface area contributed by atoms with Gasteiger partial charge in [0.1, 0.15) is 0 Å². The van der Waals surface area contributed by atoms with Crippen molar-refractivity contribution < 1.29 is 29.0 Å². The molecule has 3 aliphatic carbocycles. The van der Waals surface area contributed by atoms with Gasteiger partial charge in [-0.05, 0) is 76.8 Å². The lowest BCUT2D eigenvalue weighted by Gasteiger charge is -2.42. The van der Waals surface area contributed by atoms with Crippen LogP contribution in [0.5, 0.6) is 11.5 Å². The molecular formula is C29H24BrNO6S. The highest BCUT2D eigenvalue weighted by Crippen LogP contribution is 2.56. The fourth-order valence-electron chi connectivity index (χ4n) is 6.46. The van der Waals surface area contributed by atoms with E-state index in [1.54, 1.807) is 19.1 Å². The molecule has 0 saturated carbocycles. The van der Waals surface area contributed by atoms with Gasteiger partial charge >= 0.3 is 0 Å². The molecule has 38 heavy (non-hydrogen) atoms. The number of phenolic OH excluding ortho intramolecular Hbond substituents is 1. The number of halogens is 1. The van der Waals surface area contributed by atoms with E-state index in [9.17, 15) is 24.3 Å². The van der Waals surface area contributed by atoms with E-state index in [4.69, 9.17) is 4.74 Å². The molecule has 1 fully saturated rings. The average Bonchev–Trinajstić information content (AvgIpc) is 3.50. The van der Waals surface area contributed by atoms with E-state index < -0.39 is 23.7 Å². The standard InChI is InChI=1S/C29H24BrNO6S/c1-13-8-21(32)25-19(26(13)33)11-18-16(23(25)14-9-20(30)27(34)22(10-14)37-2)5-6-17-24(18)29(36)31(28(17)35)12-15-4-3-7-38-15/h3-5,7-10,17-18,23-24,34H,6,11-12H2,1-2H3. The molecule has 4 unspecified atom stereocenters. The predicted octanol–water partition coefficient (Wildman–Crippen LogP) is 4.85. The monoisotopic (exact) mass is 593 g/mol. The number of likely N-dealkylation sites (tertiary alicyclic amines) is 1. The van der Waals surface area contributed by atoms with Crippen molar-refractivity contribution in [2.45, 2.75) is 32.2 Å². The van der Waals surface area contributed by atoms with Crippen molar-refractivity contribution in [3.63, 3.8) is 0 Å². The molecule has 2 amide bonds. The number of ketones is 2. The summed E-state index contributed by atoms with van der Waals surface area (Å²) in [6, 6.07) is 7.18. The Bertz CT molecular complexity index is 1520. The number of thiophene rings is 1. The fourth-order valence-corrected chi connectivity index (χ4v) is 7.61. The predicted molar refractivity (Wildman–Crippen MR) is 144 cm³/mol. The number of Topliss-reactive ketones (excluding diaryl/α,β-unsaturated/α-hetero) is 1. The molecule has 194 valence electrons. The number of fused-ring (bicyclic) bond motifs is 3. The van der Waals surface area contributed by atoms with Crippen molar-refractivity contribution in [1.82, 2.24) is 4.90 Å². The van der Waals surface area contributed by atoms with E-state index >= 15 is 0 Å². The highest BCUT2D eigenvalue weighted by atomic mass is 79.9. The van der Waals surface area contributed by atoms with Gasteiger partial charge in [0.25, 0.3) is 0 Å². The first-order chi connectivity index (χ1) is 18.2. The zero-order valence-electron chi connectivity index (χ0n) is 20.7. The lowest BCUT2D eigenvalue weighted by atomic mass is 9.59. The third kappa shape index (κ3) is 3.66. The number of phenols is 1. The Labute approximate surface area is 231 Å². The maximum Gasteiger partial charge on any atom is 0.234 e. The van der Waals surface area contributed by atoms with Crippen molar-refractivity contribution in [3.05, 3.63) is 79.0 Å². The first-order valence-electron chi connectivity index (χ1n) is 12.4. The van der Waals surface area contributed by atoms with Gasteiger partial charge in [0.2, 0.25) is 11.8 Å². The highest BCUT2D eigenvalue weighted by molar-refractivity contribution is 9.10. The van der Waals surface area contributed by atoms with E-state index in [0.717, 1.165) is 10.5 Å². The summed E-state index contributed by atoms with van der Waals surface area (Å²) in [7, 11) is 1.44. The minimum atomic E-state index is -0.606. The Morgan fingerprint density at radius 2 is 1.95 bits per heavy atom. The number of methoxy groups -OCH3 is 1. The topological polar surface area (TPSA) is 101 Å². The van der Waals surface area contributed by atoms with Gasteiger partial charge in [-0.1, -0.05) is 17.7 Å². The van der Waals surface area contributed by atoms with Gasteiger partial charge in [-0.25, -0.2) is 0 Å². The summed E-state index contributed by atoms with van der Waals surface area (Å²) in [6.45, 7) is 1.87. The number of rotatable bonds is 4. The van der Waals surface area contributed by atoms with Crippen LogP contribution in [0.2, 0.25) is 0 Å². The number of allylic oxidation sites excluding steroid dienone is 6. The number of nitrogens with zero attached hydrogens (tertiary/aromatic N) is 1. The van der Waals surface area contributed by atoms with Crippen LogP contribution in [0.3, 0.4) is 0 Å². The van der Waals surface area contributed by atoms with Gasteiger partial charge < -0.3 is 9.84 Å². The van der Waals surface area contributed by atoms with Crippen LogP contribution >= 0.6 is 27.3 Å². The average molecular weight is 594 g/mol. The Kier molecular flexibility index (Phi) is 6.03. The third-order valence-corrected chi connectivity index (χ3v) is 9.62. The lowest BCUT2D eigenvalue weighted by molar-refractivity contribution is -0.140. The molecule has 0 bridgehead atoms. The maximum atomic E-state index is 13.8. The zero-order valence-corrected chi connectivity index (χ0v) is 23.1. The summed E-state index contributed by atoms with van der Waals surface area (Å²) in [5, 5.41) is 12.3. The van der Waals surface area contributed by atoms with E-state index in [1.165, 1.54) is 29.4 Å². The third-order valence-electron chi connectivity index (χ3n) is 8.15. The van der Waals surface area contributed by atoms with Crippen molar-refractivity contribution >= 4 is 50.6 Å². The second kappa shape index (κ2) is 9.17. The van der Waals surface area contributed by atoms with E-state index in [1.807, 2.05) is 23.6 Å². The molecule has 1 aliphatic heterocycles. The summed E-state index contributed by atoms with van der Waals surface area (Å²) in [6.07, 6.45) is 3.97. The largest absolute Gasteiger partial charge is 0.503 e. The van der Waals surface area contributed by atoms with Crippen LogP contribution in [-0.4, -0.2) is 40.5 Å². The maximum absolute atomic E-state index is 13.8. The van der Waals surface area contributed by atoms with Gasteiger partial charge in [0.15, 0.2) is 23.1 Å². The van der Waals surface area contributed by atoms with Gasteiger partial charge in [-0.2, -0.15) is 0 Å². The second-order valence-electron chi connectivity index (χ2n) is 10.1. The van der Waals surface area contributed by atoms with Gasteiger partial charge in [-0.3, -0.25) is 24.1 Å². The Hall–Kier alpha value is -3.30. The molecule has 0 radical (unpaired) electrons. The molecular weight excluding hydrogens is 570 g/mol. The number of hydrogen-bond acceptors (Lipinski definition) is 7. The summed E-state index contributed by atoms with van der Waals surface area (Å²) in [5.41, 5.74) is 2.69.